The number of fused-ring (bicyclic) bond motifs is 3. The zero-order valence-electron chi connectivity index (χ0n) is 18.8. The molecule has 0 radical (unpaired) electrons. The quantitative estimate of drug-likeness (QED) is 0.443. The van der Waals surface area contributed by atoms with Crippen LogP contribution in [0.2, 0.25) is 0 Å². The number of carbonyl (C=O) groups excluding carboxylic acids is 2. The second-order valence-electron chi connectivity index (χ2n) is 8.25. The number of H-pyrrole nitrogens is 1. The van der Waals surface area contributed by atoms with Crippen molar-refractivity contribution >= 4 is 45.8 Å². The third-order valence-corrected chi connectivity index (χ3v) is 6.12. The van der Waals surface area contributed by atoms with E-state index in [0.29, 0.717) is 42.9 Å². The molecular formula is C27H25N3O4. The minimum Gasteiger partial charge on any atom is -0.497 e. The van der Waals surface area contributed by atoms with Crippen LogP contribution < -0.4 is 10.5 Å². The standard InChI is InChI=1S/C27H25N3O4/c1-33-20-7-4-17(5-8-20)2-3-18-14-22-21-9-6-19(27(32)30-10-12-34-13-11-30)16-24(21)29-25(22)23(15-18)26(28)31/h2-9,14-16,29H,10-13H2,1H3,(H2,28,31)/b3-2+. The van der Waals surface area contributed by atoms with Crippen LogP contribution in [0.1, 0.15) is 31.8 Å². The summed E-state index contributed by atoms with van der Waals surface area (Å²) in [5.74, 6) is 0.253. The van der Waals surface area contributed by atoms with Crippen molar-refractivity contribution in [3.8, 4) is 5.75 Å². The minimum atomic E-state index is -0.513. The lowest BCUT2D eigenvalue weighted by molar-refractivity contribution is 0.0303. The van der Waals surface area contributed by atoms with E-state index in [1.165, 1.54) is 0 Å². The molecule has 7 heteroatoms. The number of carbonyl (C=O) groups is 2. The Morgan fingerprint density at radius 2 is 1.71 bits per heavy atom. The molecule has 2 heterocycles. The van der Waals surface area contributed by atoms with Crippen LogP contribution in [-0.2, 0) is 4.74 Å². The lowest BCUT2D eigenvalue weighted by Crippen LogP contribution is -2.40. The van der Waals surface area contributed by atoms with Gasteiger partial charge in [-0.2, -0.15) is 0 Å². The van der Waals surface area contributed by atoms with Gasteiger partial charge in [0.25, 0.3) is 11.8 Å². The number of aromatic amines is 1. The third kappa shape index (κ3) is 4.13. The molecule has 172 valence electrons. The zero-order chi connectivity index (χ0) is 23.7. The Morgan fingerprint density at radius 1 is 0.971 bits per heavy atom. The minimum absolute atomic E-state index is 0.0258. The first-order valence-electron chi connectivity index (χ1n) is 11.1. The number of nitrogens with one attached hydrogen (secondary N) is 1. The maximum atomic E-state index is 12.9. The molecule has 0 saturated carbocycles. The lowest BCUT2D eigenvalue weighted by Gasteiger charge is -2.26. The van der Waals surface area contributed by atoms with Gasteiger partial charge in [0.05, 0.1) is 31.4 Å². The molecule has 0 bridgehead atoms. The Bertz CT molecular complexity index is 1410. The molecule has 3 N–H and O–H groups in total. The molecule has 1 aliphatic heterocycles. The van der Waals surface area contributed by atoms with E-state index in [4.69, 9.17) is 15.2 Å². The van der Waals surface area contributed by atoms with Gasteiger partial charge in [0.1, 0.15) is 5.75 Å². The smallest absolute Gasteiger partial charge is 0.254 e. The molecule has 3 aromatic carbocycles. The number of hydrogen-bond donors (Lipinski definition) is 2. The van der Waals surface area contributed by atoms with Crippen LogP contribution in [-0.4, -0.2) is 55.1 Å². The SMILES string of the molecule is COc1ccc(/C=C/c2cc(C(N)=O)c3[nH]c4cc(C(=O)N5CCOCC5)ccc4c3c2)cc1. The fourth-order valence-electron chi connectivity index (χ4n) is 4.31. The normalized spacial score (nSPS) is 14.2. The molecular weight excluding hydrogens is 430 g/mol. The van der Waals surface area contributed by atoms with Gasteiger partial charge in [-0.1, -0.05) is 30.4 Å². The molecule has 4 aromatic rings. The predicted molar refractivity (Wildman–Crippen MR) is 133 cm³/mol. The molecule has 1 aromatic heterocycles. The largest absolute Gasteiger partial charge is 0.497 e. The van der Waals surface area contributed by atoms with Crippen molar-refractivity contribution in [2.45, 2.75) is 0 Å². The highest BCUT2D eigenvalue weighted by Crippen LogP contribution is 2.31. The van der Waals surface area contributed by atoms with Gasteiger partial charge in [-0.3, -0.25) is 9.59 Å². The molecule has 0 aliphatic carbocycles. The second-order valence-corrected chi connectivity index (χ2v) is 8.25. The number of ether oxygens (including phenoxy) is 2. The van der Waals surface area contributed by atoms with Crippen LogP contribution in [0.25, 0.3) is 34.0 Å². The Hall–Kier alpha value is -4.10. The van der Waals surface area contributed by atoms with Gasteiger partial charge >= 0.3 is 0 Å². The highest BCUT2D eigenvalue weighted by atomic mass is 16.5. The third-order valence-electron chi connectivity index (χ3n) is 6.12. The van der Waals surface area contributed by atoms with E-state index >= 15 is 0 Å². The Morgan fingerprint density at radius 3 is 2.41 bits per heavy atom. The summed E-state index contributed by atoms with van der Waals surface area (Å²) in [6.45, 7) is 2.27. The van der Waals surface area contributed by atoms with Gasteiger partial charge in [-0.15, -0.1) is 0 Å². The molecule has 0 unspecified atom stereocenters. The first-order chi connectivity index (χ1) is 16.5. The Kier molecular flexibility index (Phi) is 5.77. The van der Waals surface area contributed by atoms with Gasteiger partial charge in [0.15, 0.2) is 0 Å². The average Bonchev–Trinajstić information content (AvgIpc) is 3.25. The van der Waals surface area contributed by atoms with E-state index < -0.39 is 5.91 Å². The zero-order valence-corrected chi connectivity index (χ0v) is 18.8. The van der Waals surface area contributed by atoms with Crippen molar-refractivity contribution in [1.82, 2.24) is 9.88 Å². The van der Waals surface area contributed by atoms with Gasteiger partial charge in [-0.05, 0) is 47.5 Å². The molecule has 1 saturated heterocycles. The molecule has 1 aliphatic rings. The van der Waals surface area contributed by atoms with Crippen LogP contribution in [0.5, 0.6) is 5.75 Å². The van der Waals surface area contributed by atoms with Crippen LogP contribution in [0, 0.1) is 0 Å². The Balaban J connectivity index is 1.54. The maximum absolute atomic E-state index is 12.9. The molecule has 2 amide bonds. The summed E-state index contributed by atoms with van der Waals surface area (Å²) < 4.78 is 10.5. The van der Waals surface area contributed by atoms with Gasteiger partial charge in [-0.25, -0.2) is 0 Å². The maximum Gasteiger partial charge on any atom is 0.254 e. The van der Waals surface area contributed by atoms with Crippen LogP contribution in [0.3, 0.4) is 0 Å². The number of nitrogens with two attached hydrogens (primary N) is 1. The fraction of sp³-hybridized carbons (Fsp3) is 0.185. The summed E-state index contributed by atoms with van der Waals surface area (Å²) in [4.78, 5) is 30.3. The average molecular weight is 456 g/mol. The monoisotopic (exact) mass is 455 g/mol. The number of rotatable bonds is 5. The summed E-state index contributed by atoms with van der Waals surface area (Å²) in [5.41, 5.74) is 10.0. The van der Waals surface area contributed by atoms with Crippen molar-refractivity contribution in [3.63, 3.8) is 0 Å². The predicted octanol–water partition coefficient (Wildman–Crippen LogP) is 4.07. The van der Waals surface area contributed by atoms with Crippen molar-refractivity contribution in [3.05, 3.63) is 76.9 Å². The molecule has 7 nitrogen and oxygen atoms in total. The van der Waals surface area contributed by atoms with Crippen molar-refractivity contribution in [2.75, 3.05) is 33.4 Å². The van der Waals surface area contributed by atoms with Crippen LogP contribution in [0.4, 0.5) is 0 Å². The van der Waals surface area contributed by atoms with E-state index in [1.54, 1.807) is 18.1 Å². The molecule has 34 heavy (non-hydrogen) atoms. The highest BCUT2D eigenvalue weighted by molar-refractivity contribution is 6.16. The lowest BCUT2D eigenvalue weighted by atomic mass is 10.0. The van der Waals surface area contributed by atoms with E-state index in [9.17, 15) is 9.59 Å². The van der Waals surface area contributed by atoms with Crippen LogP contribution >= 0.6 is 0 Å². The Labute approximate surface area is 196 Å². The number of methoxy groups -OCH3 is 1. The number of benzene rings is 3. The summed E-state index contributed by atoms with van der Waals surface area (Å²) in [6, 6.07) is 17.1. The van der Waals surface area contributed by atoms with E-state index in [0.717, 1.165) is 33.2 Å². The summed E-state index contributed by atoms with van der Waals surface area (Å²) in [7, 11) is 1.63. The second kappa shape index (κ2) is 9.03. The molecule has 0 atom stereocenters. The number of nitrogens with zero attached hydrogens (tertiary/aromatic N) is 1. The van der Waals surface area contributed by atoms with Crippen molar-refractivity contribution in [1.29, 1.82) is 0 Å². The van der Waals surface area contributed by atoms with Gasteiger partial charge in [0.2, 0.25) is 0 Å². The number of amides is 2. The van der Waals surface area contributed by atoms with Crippen molar-refractivity contribution < 1.29 is 19.1 Å². The molecule has 0 spiro atoms. The summed E-state index contributed by atoms with van der Waals surface area (Å²) in [5, 5.41) is 1.81. The van der Waals surface area contributed by atoms with E-state index in [1.807, 2.05) is 60.7 Å². The number of primary amides is 1. The molecule has 5 rings (SSSR count). The van der Waals surface area contributed by atoms with Gasteiger partial charge < -0.3 is 25.1 Å². The van der Waals surface area contributed by atoms with Crippen molar-refractivity contribution in [2.24, 2.45) is 5.73 Å². The first-order valence-corrected chi connectivity index (χ1v) is 11.1. The number of hydrogen-bond acceptors (Lipinski definition) is 4. The summed E-state index contributed by atoms with van der Waals surface area (Å²) in [6.07, 6.45) is 3.92. The number of morpholine rings is 1. The van der Waals surface area contributed by atoms with E-state index in [2.05, 4.69) is 4.98 Å². The molecule has 1 fully saturated rings. The topological polar surface area (TPSA) is 97.7 Å². The summed E-state index contributed by atoms with van der Waals surface area (Å²) >= 11 is 0. The number of aromatic nitrogens is 1. The highest BCUT2D eigenvalue weighted by Gasteiger charge is 2.20. The van der Waals surface area contributed by atoms with Crippen LogP contribution in [0.15, 0.2) is 54.6 Å². The fourth-order valence-corrected chi connectivity index (χ4v) is 4.31. The first kappa shape index (κ1) is 21.7. The van der Waals surface area contributed by atoms with E-state index in [-0.39, 0.29) is 5.91 Å². The van der Waals surface area contributed by atoms with Gasteiger partial charge in [0, 0.05) is 34.9 Å².